The lowest BCUT2D eigenvalue weighted by Gasteiger charge is -2.08. The summed E-state index contributed by atoms with van der Waals surface area (Å²) in [5.41, 5.74) is 3.69. The van der Waals surface area contributed by atoms with Crippen molar-refractivity contribution in [3.63, 3.8) is 0 Å². The van der Waals surface area contributed by atoms with E-state index in [9.17, 15) is 4.79 Å². The molecule has 0 saturated carbocycles. The van der Waals surface area contributed by atoms with Gasteiger partial charge in [0.1, 0.15) is 0 Å². The molecule has 18 heavy (non-hydrogen) atoms. The first-order valence-corrected chi connectivity index (χ1v) is 5.93. The lowest BCUT2D eigenvalue weighted by molar-refractivity contribution is 0.0950. The molecule has 0 aliphatic carbocycles. The second-order valence-electron chi connectivity index (χ2n) is 4.25. The maximum absolute atomic E-state index is 12.0. The van der Waals surface area contributed by atoms with Crippen molar-refractivity contribution < 1.29 is 4.79 Å². The minimum Gasteiger partial charge on any atom is -0.348 e. The van der Waals surface area contributed by atoms with Gasteiger partial charge < -0.3 is 5.32 Å². The molecular weight excluding hydrogens is 224 g/mol. The predicted molar refractivity (Wildman–Crippen MR) is 71.3 cm³/mol. The van der Waals surface area contributed by atoms with Crippen LogP contribution in [0.4, 0.5) is 0 Å². The third-order valence-corrected chi connectivity index (χ3v) is 2.95. The number of benzene rings is 1. The third kappa shape index (κ3) is 2.74. The summed E-state index contributed by atoms with van der Waals surface area (Å²) in [4.78, 5) is 16.1. The summed E-state index contributed by atoms with van der Waals surface area (Å²) in [7, 11) is 0. The zero-order valence-corrected chi connectivity index (χ0v) is 10.6. The summed E-state index contributed by atoms with van der Waals surface area (Å²) in [6.07, 6.45) is 1.69. The number of amides is 1. The highest BCUT2D eigenvalue weighted by atomic mass is 16.1. The van der Waals surface area contributed by atoms with E-state index in [1.807, 2.05) is 38.1 Å². The van der Waals surface area contributed by atoms with Gasteiger partial charge in [-0.25, -0.2) is 0 Å². The van der Waals surface area contributed by atoms with Gasteiger partial charge in [0.05, 0.1) is 5.56 Å². The van der Waals surface area contributed by atoms with E-state index in [4.69, 9.17) is 0 Å². The van der Waals surface area contributed by atoms with Crippen molar-refractivity contribution in [2.75, 3.05) is 0 Å². The third-order valence-electron chi connectivity index (χ3n) is 2.95. The molecule has 0 radical (unpaired) electrons. The van der Waals surface area contributed by atoms with Crippen LogP contribution in [0.15, 0.2) is 42.6 Å². The van der Waals surface area contributed by atoms with E-state index in [-0.39, 0.29) is 5.91 Å². The number of hydrogen-bond acceptors (Lipinski definition) is 2. The monoisotopic (exact) mass is 240 g/mol. The molecule has 0 saturated heterocycles. The molecule has 1 N–H and O–H groups in total. The zero-order chi connectivity index (χ0) is 13.0. The van der Waals surface area contributed by atoms with Gasteiger partial charge in [-0.2, -0.15) is 0 Å². The van der Waals surface area contributed by atoms with Crippen LogP contribution < -0.4 is 5.32 Å². The number of nitrogens with zero attached hydrogens (tertiary/aromatic N) is 1. The van der Waals surface area contributed by atoms with E-state index in [2.05, 4.69) is 10.3 Å². The van der Waals surface area contributed by atoms with Crippen molar-refractivity contribution in [3.8, 4) is 0 Å². The molecule has 0 aliphatic heterocycles. The molecule has 1 amide bonds. The molecule has 0 aliphatic rings. The predicted octanol–water partition coefficient (Wildman–Crippen LogP) is 2.63. The molecule has 2 rings (SSSR count). The zero-order valence-electron chi connectivity index (χ0n) is 10.6. The fraction of sp³-hybridized carbons (Fsp3) is 0.200. The van der Waals surface area contributed by atoms with Crippen LogP contribution >= 0.6 is 0 Å². The molecule has 0 fully saturated rings. The number of carbonyl (C=O) groups excluding carboxylic acids is 1. The van der Waals surface area contributed by atoms with Gasteiger partial charge in [0.25, 0.3) is 5.91 Å². The van der Waals surface area contributed by atoms with E-state index in [1.54, 1.807) is 18.3 Å². The Labute approximate surface area is 107 Å². The molecular formula is C15H16N2O. The highest BCUT2D eigenvalue weighted by molar-refractivity contribution is 5.95. The van der Waals surface area contributed by atoms with E-state index >= 15 is 0 Å². The Morgan fingerprint density at radius 2 is 1.94 bits per heavy atom. The average molecular weight is 240 g/mol. The molecule has 0 bridgehead atoms. The SMILES string of the molecule is Cc1ccccc1CNC(=O)c1cccnc1C. The summed E-state index contributed by atoms with van der Waals surface area (Å²) < 4.78 is 0. The van der Waals surface area contributed by atoms with E-state index in [1.165, 1.54) is 5.56 Å². The van der Waals surface area contributed by atoms with Crippen molar-refractivity contribution in [2.45, 2.75) is 20.4 Å². The molecule has 0 atom stereocenters. The van der Waals surface area contributed by atoms with Gasteiger partial charge in [-0.05, 0) is 37.1 Å². The Balaban J connectivity index is 2.06. The minimum atomic E-state index is -0.0798. The number of carbonyl (C=O) groups is 1. The molecule has 3 heteroatoms. The fourth-order valence-corrected chi connectivity index (χ4v) is 1.80. The first kappa shape index (κ1) is 12.3. The van der Waals surface area contributed by atoms with E-state index in [0.29, 0.717) is 12.1 Å². The number of hydrogen-bond donors (Lipinski definition) is 1. The van der Waals surface area contributed by atoms with Crippen molar-refractivity contribution >= 4 is 5.91 Å². The molecule has 0 spiro atoms. The van der Waals surface area contributed by atoms with Crippen LogP contribution in [0.5, 0.6) is 0 Å². The summed E-state index contributed by atoms with van der Waals surface area (Å²) in [5, 5.41) is 2.92. The maximum atomic E-state index is 12.0. The van der Waals surface area contributed by atoms with Gasteiger partial charge in [-0.3, -0.25) is 9.78 Å². The topological polar surface area (TPSA) is 42.0 Å². The van der Waals surface area contributed by atoms with Crippen LogP contribution in [0.1, 0.15) is 27.2 Å². The fourth-order valence-electron chi connectivity index (χ4n) is 1.80. The van der Waals surface area contributed by atoms with Gasteiger partial charge >= 0.3 is 0 Å². The number of nitrogens with one attached hydrogen (secondary N) is 1. The standard InChI is InChI=1S/C15H16N2O/c1-11-6-3-4-7-13(11)10-17-15(18)14-8-5-9-16-12(14)2/h3-9H,10H2,1-2H3,(H,17,18). The number of pyridine rings is 1. The van der Waals surface area contributed by atoms with Gasteiger partial charge in [-0.15, -0.1) is 0 Å². The Bertz CT molecular complexity index is 564. The second kappa shape index (κ2) is 5.45. The smallest absolute Gasteiger partial charge is 0.253 e. The van der Waals surface area contributed by atoms with E-state index in [0.717, 1.165) is 11.3 Å². The Morgan fingerprint density at radius 1 is 1.17 bits per heavy atom. The van der Waals surface area contributed by atoms with Crippen LogP contribution in [0, 0.1) is 13.8 Å². The molecule has 1 heterocycles. The van der Waals surface area contributed by atoms with Crippen LogP contribution in [-0.2, 0) is 6.54 Å². The highest BCUT2D eigenvalue weighted by Crippen LogP contribution is 2.08. The molecule has 92 valence electrons. The van der Waals surface area contributed by atoms with Gasteiger partial charge in [0.2, 0.25) is 0 Å². The molecule has 3 nitrogen and oxygen atoms in total. The summed E-state index contributed by atoms with van der Waals surface area (Å²) >= 11 is 0. The van der Waals surface area contributed by atoms with Crippen molar-refractivity contribution in [3.05, 3.63) is 65.0 Å². The lowest BCUT2D eigenvalue weighted by atomic mass is 10.1. The van der Waals surface area contributed by atoms with Gasteiger partial charge in [-0.1, -0.05) is 24.3 Å². The maximum Gasteiger partial charge on any atom is 0.253 e. The summed E-state index contributed by atoms with van der Waals surface area (Å²) in [6.45, 7) is 4.42. The van der Waals surface area contributed by atoms with Gasteiger partial charge in [0, 0.05) is 18.4 Å². The normalized spacial score (nSPS) is 10.1. The molecule has 1 aromatic heterocycles. The lowest BCUT2D eigenvalue weighted by Crippen LogP contribution is -2.24. The second-order valence-corrected chi connectivity index (χ2v) is 4.25. The van der Waals surface area contributed by atoms with Crippen molar-refractivity contribution in [1.29, 1.82) is 0 Å². The first-order valence-electron chi connectivity index (χ1n) is 5.93. The highest BCUT2D eigenvalue weighted by Gasteiger charge is 2.08. The molecule has 2 aromatic rings. The molecule has 1 aromatic carbocycles. The summed E-state index contributed by atoms with van der Waals surface area (Å²) in [5.74, 6) is -0.0798. The average Bonchev–Trinajstić information content (AvgIpc) is 2.38. The number of aromatic nitrogens is 1. The number of rotatable bonds is 3. The van der Waals surface area contributed by atoms with Crippen LogP contribution in [0.25, 0.3) is 0 Å². The molecule has 0 unspecified atom stereocenters. The van der Waals surface area contributed by atoms with Crippen molar-refractivity contribution in [1.82, 2.24) is 10.3 Å². The van der Waals surface area contributed by atoms with Gasteiger partial charge in [0.15, 0.2) is 0 Å². The largest absolute Gasteiger partial charge is 0.348 e. The Morgan fingerprint density at radius 3 is 2.67 bits per heavy atom. The summed E-state index contributed by atoms with van der Waals surface area (Å²) in [6, 6.07) is 11.6. The quantitative estimate of drug-likeness (QED) is 0.896. The minimum absolute atomic E-state index is 0.0798. The number of aryl methyl sites for hydroxylation is 2. The first-order chi connectivity index (χ1) is 8.68. The Hall–Kier alpha value is -2.16. The Kier molecular flexibility index (Phi) is 3.72. The van der Waals surface area contributed by atoms with Crippen molar-refractivity contribution in [2.24, 2.45) is 0 Å². The van der Waals surface area contributed by atoms with E-state index < -0.39 is 0 Å². The van der Waals surface area contributed by atoms with Crippen LogP contribution in [0.3, 0.4) is 0 Å². The van der Waals surface area contributed by atoms with Crippen LogP contribution in [-0.4, -0.2) is 10.9 Å². The van der Waals surface area contributed by atoms with Crippen LogP contribution in [0.2, 0.25) is 0 Å².